The molecule has 0 unspecified atom stereocenters. The largest absolute Gasteiger partial charge is 0.412 e. The smallest absolute Gasteiger partial charge is 0 e. The molecule has 0 saturated carbocycles. The summed E-state index contributed by atoms with van der Waals surface area (Å²) < 4.78 is 0. The quantitative estimate of drug-likeness (QED) is 0.377. The minimum absolute atomic E-state index is 0. The van der Waals surface area contributed by atoms with Gasteiger partial charge in [-0.25, -0.2) is 0 Å². The molecule has 0 radical (unpaired) electrons. The Labute approximate surface area is 81.1 Å². The van der Waals surface area contributed by atoms with Gasteiger partial charge >= 0.3 is 0 Å². The van der Waals surface area contributed by atoms with Crippen molar-refractivity contribution in [1.82, 2.24) is 0 Å². The van der Waals surface area contributed by atoms with Crippen molar-refractivity contribution in [2.45, 2.75) is 0 Å². The molecule has 14 heteroatoms. The Hall–Kier alpha value is 0.800. The molecule has 0 fully saturated rings. The first kappa shape index (κ1) is 61.0. The molecule has 14 heavy (non-hydrogen) atoms. The monoisotopic (exact) mass is 304 g/mol. The predicted octanol–water partition coefficient (Wildman–Crippen LogP) is -4.80. The Morgan fingerprint density at radius 2 is 0.286 bits per heavy atom. The fourth-order valence-electron chi connectivity index (χ4n) is 0.335. The van der Waals surface area contributed by atoms with Gasteiger partial charge in [0, 0.05) is 25.5 Å². The van der Waals surface area contributed by atoms with Gasteiger partial charge in [0.15, 0.2) is 0 Å². The van der Waals surface area contributed by atoms with Crippen molar-refractivity contribution < 1.29 is 54.8 Å². The maximum absolute atomic E-state index is 1.07. The Bertz CT molecular complexity index is 166. The second kappa shape index (κ2) is 13.8. The summed E-state index contributed by atoms with van der Waals surface area (Å²) in [6.07, 6.45) is 4.30. The van der Waals surface area contributed by atoms with E-state index in [1.807, 2.05) is 0 Å². The average molecular weight is 304 g/mol. The van der Waals surface area contributed by atoms with Crippen LogP contribution in [0.25, 0.3) is 0 Å². The lowest BCUT2D eigenvalue weighted by Crippen LogP contribution is -0.290. The van der Waals surface area contributed by atoms with Crippen molar-refractivity contribution in [2.75, 3.05) is 0 Å². The number of hydrogen-bond acceptors (Lipinski definition) is 0. The second-order valence-electron chi connectivity index (χ2n) is 1.07. The van der Waals surface area contributed by atoms with Crippen LogP contribution in [0.5, 0.6) is 0 Å². The molecule has 4 aromatic rings. The Balaban J connectivity index is -0.00000000600. The lowest BCUT2D eigenvalue weighted by atomic mass is 16.0. The van der Waals surface area contributed by atoms with E-state index in [1.54, 1.807) is 0 Å². The Morgan fingerprint density at radius 1 is 0.214 bits per heavy atom. The van der Waals surface area contributed by atoms with Gasteiger partial charge in [-0.15, -0.1) is 0 Å². The van der Waals surface area contributed by atoms with E-state index in [0.717, 1.165) is 25.5 Å². The zero-order valence-electron chi connectivity index (χ0n) is 6.79. The summed E-state index contributed by atoms with van der Waals surface area (Å²) in [4.78, 5) is 0. The molecule has 4 heterocycles. The van der Waals surface area contributed by atoms with E-state index in [-0.39, 0.29) is 54.8 Å². The Kier molecular flexibility index (Phi) is 60.1. The van der Waals surface area contributed by atoms with Crippen molar-refractivity contribution in [3.8, 4) is 0 Å². The first-order chi connectivity index (χ1) is 2.00. The van der Waals surface area contributed by atoms with Gasteiger partial charge in [0.25, 0.3) is 0 Å². The van der Waals surface area contributed by atoms with Crippen molar-refractivity contribution in [2.24, 2.45) is 0 Å². The van der Waals surface area contributed by atoms with Crippen molar-refractivity contribution in [3.63, 3.8) is 0 Å². The third kappa shape index (κ3) is 6.31. The maximum Gasteiger partial charge on any atom is 0 e. The molecule has 4 aromatic heterocycles. The van der Waals surface area contributed by atoms with E-state index < -0.39 is 0 Å². The zero-order valence-corrected chi connectivity index (χ0v) is 10.4. The van der Waals surface area contributed by atoms with E-state index in [1.165, 1.54) is 0 Å². The molecule has 4 rings (SSSR count). The molecular weight excluding hydrogens is 284 g/mol. The number of rotatable bonds is 0. The van der Waals surface area contributed by atoms with Gasteiger partial charge in [0.2, 0.25) is 0 Å². The molecule has 0 saturated heterocycles. The van der Waals surface area contributed by atoms with Gasteiger partial charge in [0.05, 0.1) is 0 Å². The van der Waals surface area contributed by atoms with Crippen molar-refractivity contribution in [1.29, 1.82) is 0 Å². The van der Waals surface area contributed by atoms with E-state index in [0.29, 0.717) is 0 Å². The highest BCUT2D eigenvalue weighted by Crippen LogP contribution is 3.31. The maximum atomic E-state index is 1.07. The third-order valence-electron chi connectivity index (χ3n) is 0.838. The zero-order chi connectivity index (χ0) is 2.31. The SMILES string of the molecule is O.O.O.O.O.O.O.O.O.O.p12p3p1p23. The van der Waals surface area contributed by atoms with E-state index in [4.69, 9.17) is 0 Å². The molecular formula is H20O10P4. The highest BCUT2D eigenvalue weighted by Gasteiger charge is 2.45. The van der Waals surface area contributed by atoms with Crippen LogP contribution < -0.4 is 0 Å². The van der Waals surface area contributed by atoms with Gasteiger partial charge < -0.3 is 54.8 Å². The van der Waals surface area contributed by atoms with E-state index in [9.17, 15) is 0 Å². The van der Waals surface area contributed by atoms with Crippen LogP contribution in [0.2, 0.25) is 0 Å². The van der Waals surface area contributed by atoms with Crippen LogP contribution in [0.1, 0.15) is 0 Å². The van der Waals surface area contributed by atoms with E-state index in [2.05, 4.69) is 0 Å². The summed E-state index contributed by atoms with van der Waals surface area (Å²) >= 11 is 0. The summed E-state index contributed by atoms with van der Waals surface area (Å²) in [5, 5.41) is 0. The van der Waals surface area contributed by atoms with E-state index >= 15 is 0 Å². The average Bonchev–Trinajstić information content (AvgIpc) is 1.71. The first-order valence-corrected chi connectivity index (χ1v) is 10.8. The van der Waals surface area contributed by atoms with Gasteiger partial charge in [-0.3, -0.25) is 0 Å². The van der Waals surface area contributed by atoms with Crippen molar-refractivity contribution >= 4 is 25.5 Å². The summed E-state index contributed by atoms with van der Waals surface area (Å²) in [5.74, 6) is 0. The molecule has 0 amide bonds. The topological polar surface area (TPSA) is 315 Å². The van der Waals surface area contributed by atoms with Crippen LogP contribution in [0.15, 0.2) is 0 Å². The normalized spacial score (nSPS) is 10.3. The molecule has 0 spiro atoms. The molecule has 100 valence electrons. The molecule has 20 N–H and O–H groups in total. The van der Waals surface area contributed by atoms with Gasteiger partial charge in [0.1, 0.15) is 0 Å². The summed E-state index contributed by atoms with van der Waals surface area (Å²) in [6.45, 7) is 0. The molecule has 0 aliphatic heterocycles. The van der Waals surface area contributed by atoms with Crippen LogP contribution in [-0.2, 0) is 0 Å². The predicted molar refractivity (Wildman–Crippen MR) is 63.8 cm³/mol. The van der Waals surface area contributed by atoms with Gasteiger partial charge in [-0.2, -0.15) is 0 Å². The third-order valence-corrected chi connectivity index (χ3v) is 48.5. The lowest BCUT2D eigenvalue weighted by Gasteiger charge is -0.816. The van der Waals surface area contributed by atoms with Gasteiger partial charge in [-0.1, -0.05) is 0 Å². The Morgan fingerprint density at radius 3 is 0.286 bits per heavy atom. The fourth-order valence-corrected chi connectivity index (χ4v) is 61.9. The molecule has 0 atom stereocenters. The summed E-state index contributed by atoms with van der Waals surface area (Å²) in [6, 6.07) is 0. The standard InChI is InChI=1S/10H2O.P4/c;;;;;;;;;;1-2-3(1)4(1)2/h10*1H2;. The number of hydrogen-bond donors (Lipinski definition) is 0. The minimum atomic E-state index is 0. The highest BCUT2D eigenvalue weighted by atomic mass is 33.4. The van der Waals surface area contributed by atoms with Crippen LogP contribution >= 0.6 is 25.5 Å². The lowest BCUT2D eigenvalue weighted by molar-refractivity contribution is 0.823. The highest BCUT2D eigenvalue weighted by molar-refractivity contribution is 9.37. The van der Waals surface area contributed by atoms with Crippen molar-refractivity contribution in [3.05, 3.63) is 0 Å². The molecule has 0 bridgehead atoms. The molecule has 10 nitrogen and oxygen atoms in total. The summed E-state index contributed by atoms with van der Waals surface area (Å²) in [5.41, 5.74) is 0. The fraction of sp³-hybridized carbons (Fsp3) is 0. The van der Waals surface area contributed by atoms with Crippen LogP contribution in [0.4, 0.5) is 0 Å². The first-order valence-electron chi connectivity index (χ1n) is 1.20. The van der Waals surface area contributed by atoms with Crippen LogP contribution in [-0.4, -0.2) is 54.8 Å². The van der Waals surface area contributed by atoms with Crippen LogP contribution in [0.3, 0.4) is 0 Å². The summed E-state index contributed by atoms with van der Waals surface area (Å²) in [7, 11) is 0. The van der Waals surface area contributed by atoms with Gasteiger partial charge in [-0.05, 0) is 0 Å². The molecule has 0 aliphatic carbocycles. The second-order valence-corrected chi connectivity index (χ2v) is 29.0. The molecule has 0 aliphatic rings. The molecule has 0 aromatic carbocycles. The minimum Gasteiger partial charge on any atom is -0.412 e. The van der Waals surface area contributed by atoms with Crippen LogP contribution in [0, 0.1) is 0 Å².